The van der Waals surface area contributed by atoms with Gasteiger partial charge in [-0.05, 0) is 24.5 Å². The van der Waals surface area contributed by atoms with E-state index in [1.54, 1.807) is 6.07 Å². The molecule has 0 aromatic heterocycles. The highest BCUT2D eigenvalue weighted by Crippen LogP contribution is 2.33. The molecule has 1 N–H and O–H groups in total. The van der Waals surface area contributed by atoms with Crippen molar-refractivity contribution in [2.75, 3.05) is 27.3 Å². The fraction of sp³-hybridized carbons (Fsp3) is 0.588. The molecule has 140 valence electrons. The van der Waals surface area contributed by atoms with E-state index in [1.807, 2.05) is 0 Å². The predicted molar refractivity (Wildman–Crippen MR) is 94.3 cm³/mol. The van der Waals surface area contributed by atoms with Crippen LogP contribution in [0.5, 0.6) is 11.5 Å². The first-order valence-electron chi connectivity index (χ1n) is 8.32. The third-order valence-corrected chi connectivity index (χ3v) is 6.28. The van der Waals surface area contributed by atoms with Gasteiger partial charge < -0.3 is 14.8 Å². The van der Waals surface area contributed by atoms with Gasteiger partial charge >= 0.3 is 0 Å². The van der Waals surface area contributed by atoms with E-state index in [4.69, 9.17) is 9.47 Å². The van der Waals surface area contributed by atoms with E-state index in [1.165, 1.54) is 37.6 Å². The van der Waals surface area contributed by atoms with Crippen LogP contribution in [0.15, 0.2) is 23.1 Å². The zero-order valence-corrected chi connectivity index (χ0v) is 15.9. The zero-order valence-electron chi connectivity index (χ0n) is 15.1. The van der Waals surface area contributed by atoms with Crippen molar-refractivity contribution in [2.45, 2.75) is 37.6 Å². The van der Waals surface area contributed by atoms with Crippen LogP contribution in [0.25, 0.3) is 0 Å². The number of methoxy groups -OCH3 is 2. The molecule has 0 unspecified atom stereocenters. The fourth-order valence-electron chi connectivity index (χ4n) is 3.24. The summed E-state index contributed by atoms with van der Waals surface area (Å²) < 4.78 is 37.8. The standard InChI is InChI=1S/C17H26N2O5S/c1-5-6-13-10-19(11-15(13)18-12(2)20)25(21,22)14-7-8-16(23-3)17(9-14)24-4/h7-9,13,15H,5-6,10-11H2,1-4H3,(H,18,20)/t13-,15-/m1/s1. The number of ether oxygens (including phenoxy) is 2. The SMILES string of the molecule is CCC[C@@H]1CN(S(=O)(=O)c2ccc(OC)c(OC)c2)C[C@H]1NC(C)=O. The normalized spacial score (nSPS) is 21.1. The molecule has 25 heavy (non-hydrogen) atoms. The van der Waals surface area contributed by atoms with Gasteiger partial charge in [0.05, 0.1) is 19.1 Å². The van der Waals surface area contributed by atoms with E-state index in [9.17, 15) is 13.2 Å². The number of sulfonamides is 1. The lowest BCUT2D eigenvalue weighted by Gasteiger charge is -2.18. The van der Waals surface area contributed by atoms with Gasteiger partial charge in [0, 0.05) is 32.1 Å². The lowest BCUT2D eigenvalue weighted by atomic mass is 9.98. The molecule has 8 heteroatoms. The number of carbonyl (C=O) groups excluding carboxylic acids is 1. The third-order valence-electron chi connectivity index (χ3n) is 4.45. The highest BCUT2D eigenvalue weighted by atomic mass is 32.2. The second-order valence-electron chi connectivity index (χ2n) is 6.19. The van der Waals surface area contributed by atoms with Crippen molar-refractivity contribution in [3.8, 4) is 11.5 Å². The van der Waals surface area contributed by atoms with Crippen molar-refractivity contribution in [1.82, 2.24) is 9.62 Å². The molecule has 2 rings (SSSR count). The molecule has 1 aromatic rings. The van der Waals surface area contributed by atoms with E-state index in [-0.39, 0.29) is 29.3 Å². The van der Waals surface area contributed by atoms with Crippen molar-refractivity contribution in [3.05, 3.63) is 18.2 Å². The van der Waals surface area contributed by atoms with Gasteiger partial charge in [0.25, 0.3) is 0 Å². The Morgan fingerprint density at radius 1 is 1.24 bits per heavy atom. The Kier molecular flexibility index (Phi) is 6.29. The summed E-state index contributed by atoms with van der Waals surface area (Å²) in [4.78, 5) is 11.6. The monoisotopic (exact) mass is 370 g/mol. The molecule has 0 saturated carbocycles. The van der Waals surface area contributed by atoms with Crippen molar-refractivity contribution in [1.29, 1.82) is 0 Å². The quantitative estimate of drug-likeness (QED) is 0.788. The molecule has 1 saturated heterocycles. The van der Waals surface area contributed by atoms with Crippen LogP contribution in [-0.2, 0) is 14.8 Å². The maximum Gasteiger partial charge on any atom is 0.243 e. The molecule has 0 bridgehead atoms. The summed E-state index contributed by atoms with van der Waals surface area (Å²) in [5.74, 6) is 0.814. The van der Waals surface area contributed by atoms with Crippen LogP contribution >= 0.6 is 0 Å². The molecule has 1 heterocycles. The minimum absolute atomic E-state index is 0.115. The van der Waals surface area contributed by atoms with Crippen LogP contribution < -0.4 is 14.8 Å². The molecule has 1 amide bonds. The summed E-state index contributed by atoms with van der Waals surface area (Å²) in [6.07, 6.45) is 1.80. The third kappa shape index (κ3) is 4.24. The Bertz CT molecular complexity index is 720. The van der Waals surface area contributed by atoms with Crippen molar-refractivity contribution < 1.29 is 22.7 Å². The van der Waals surface area contributed by atoms with Gasteiger partial charge in [0.1, 0.15) is 0 Å². The van der Waals surface area contributed by atoms with Crippen LogP contribution in [0.1, 0.15) is 26.7 Å². The van der Waals surface area contributed by atoms with Crippen LogP contribution in [0.4, 0.5) is 0 Å². The number of rotatable bonds is 7. The first-order valence-corrected chi connectivity index (χ1v) is 9.76. The van der Waals surface area contributed by atoms with Crippen molar-refractivity contribution in [2.24, 2.45) is 5.92 Å². The van der Waals surface area contributed by atoms with Crippen LogP contribution in [0.2, 0.25) is 0 Å². The summed E-state index contributed by atoms with van der Waals surface area (Å²) >= 11 is 0. The highest BCUT2D eigenvalue weighted by Gasteiger charge is 2.39. The van der Waals surface area contributed by atoms with Gasteiger partial charge in [-0.25, -0.2) is 8.42 Å². The predicted octanol–water partition coefficient (Wildman–Crippen LogP) is 1.63. The minimum Gasteiger partial charge on any atom is -0.493 e. The first kappa shape index (κ1) is 19.5. The van der Waals surface area contributed by atoms with Gasteiger partial charge in [-0.15, -0.1) is 0 Å². The number of hydrogen-bond acceptors (Lipinski definition) is 5. The number of nitrogens with one attached hydrogen (secondary N) is 1. The summed E-state index contributed by atoms with van der Waals surface area (Å²) in [6.45, 7) is 4.18. The molecule has 7 nitrogen and oxygen atoms in total. The lowest BCUT2D eigenvalue weighted by Crippen LogP contribution is -2.39. The Morgan fingerprint density at radius 2 is 1.92 bits per heavy atom. The summed E-state index contributed by atoms with van der Waals surface area (Å²) in [7, 11) is -0.703. The smallest absolute Gasteiger partial charge is 0.243 e. The van der Waals surface area contributed by atoms with E-state index in [0.717, 1.165) is 12.8 Å². The van der Waals surface area contributed by atoms with Crippen LogP contribution in [-0.4, -0.2) is 52.0 Å². The lowest BCUT2D eigenvalue weighted by molar-refractivity contribution is -0.119. The fourth-order valence-corrected chi connectivity index (χ4v) is 4.78. The number of amides is 1. The van der Waals surface area contributed by atoms with Gasteiger partial charge in [-0.2, -0.15) is 4.31 Å². The molecule has 0 spiro atoms. The summed E-state index contributed by atoms with van der Waals surface area (Å²) in [5.41, 5.74) is 0. The van der Waals surface area contributed by atoms with Gasteiger partial charge in [0.2, 0.25) is 15.9 Å². The van der Waals surface area contributed by atoms with Gasteiger partial charge in [-0.3, -0.25) is 4.79 Å². The topological polar surface area (TPSA) is 84.9 Å². The average molecular weight is 370 g/mol. The van der Waals surface area contributed by atoms with Crippen molar-refractivity contribution in [3.63, 3.8) is 0 Å². The number of carbonyl (C=O) groups is 1. The van der Waals surface area contributed by atoms with E-state index in [0.29, 0.717) is 18.0 Å². The van der Waals surface area contributed by atoms with E-state index < -0.39 is 10.0 Å². The van der Waals surface area contributed by atoms with Crippen LogP contribution in [0, 0.1) is 5.92 Å². The van der Waals surface area contributed by atoms with E-state index >= 15 is 0 Å². The highest BCUT2D eigenvalue weighted by molar-refractivity contribution is 7.89. The molecule has 2 atom stereocenters. The molecule has 0 aliphatic carbocycles. The Morgan fingerprint density at radius 3 is 2.48 bits per heavy atom. The molecular formula is C17H26N2O5S. The number of benzene rings is 1. The largest absolute Gasteiger partial charge is 0.493 e. The second kappa shape index (κ2) is 8.05. The number of nitrogens with zero attached hydrogens (tertiary/aromatic N) is 1. The molecule has 1 fully saturated rings. The molecule has 1 aliphatic heterocycles. The molecular weight excluding hydrogens is 344 g/mol. The van der Waals surface area contributed by atoms with Crippen molar-refractivity contribution >= 4 is 15.9 Å². The van der Waals surface area contributed by atoms with Gasteiger partial charge in [-0.1, -0.05) is 13.3 Å². The maximum atomic E-state index is 13.0. The van der Waals surface area contributed by atoms with E-state index in [2.05, 4.69) is 12.2 Å². The number of hydrogen-bond donors (Lipinski definition) is 1. The molecule has 0 radical (unpaired) electrons. The Balaban J connectivity index is 2.28. The maximum absolute atomic E-state index is 13.0. The molecule has 1 aliphatic rings. The average Bonchev–Trinajstić information content (AvgIpc) is 2.97. The zero-order chi connectivity index (χ0) is 18.6. The van der Waals surface area contributed by atoms with Gasteiger partial charge in [0.15, 0.2) is 11.5 Å². The molecule has 1 aromatic carbocycles. The minimum atomic E-state index is -3.67. The Labute approximate surface area is 149 Å². The first-order chi connectivity index (χ1) is 11.8. The second-order valence-corrected chi connectivity index (χ2v) is 8.13. The van der Waals surface area contributed by atoms with Crippen LogP contribution in [0.3, 0.4) is 0 Å². The Hall–Kier alpha value is -1.80. The summed E-state index contributed by atoms with van der Waals surface area (Å²) in [6, 6.07) is 4.40. The summed E-state index contributed by atoms with van der Waals surface area (Å²) in [5, 5.41) is 2.88.